The van der Waals surface area contributed by atoms with Gasteiger partial charge in [0.05, 0.1) is 5.60 Å². The topological polar surface area (TPSA) is 74.8 Å². The summed E-state index contributed by atoms with van der Waals surface area (Å²) in [5, 5.41) is 10.3. The first-order valence-corrected chi connectivity index (χ1v) is 10.1. The van der Waals surface area contributed by atoms with Gasteiger partial charge in [-0.15, -0.1) is 24.0 Å². The molecule has 3 rings (SSSR count). The molecule has 0 saturated heterocycles. The Kier molecular flexibility index (Phi) is 7.44. The van der Waals surface area contributed by atoms with Crippen LogP contribution in [0.3, 0.4) is 0 Å². The van der Waals surface area contributed by atoms with Crippen molar-refractivity contribution in [3.05, 3.63) is 0 Å². The number of nitrogens with zero attached hydrogens (tertiary/aromatic N) is 1. The van der Waals surface area contributed by atoms with E-state index in [0.717, 1.165) is 50.9 Å². The van der Waals surface area contributed by atoms with E-state index in [0.29, 0.717) is 18.1 Å². The number of aliphatic imine (C=N–C) groups is 1. The van der Waals surface area contributed by atoms with Crippen molar-refractivity contribution in [1.29, 1.82) is 0 Å². The first-order chi connectivity index (χ1) is 12.3. The molecule has 27 heavy (non-hydrogen) atoms. The number of hydrogen-bond donors (Lipinski definition) is 3. The molecule has 0 aromatic rings. The first kappa shape index (κ1) is 22.7. The molecule has 3 aliphatic carbocycles. The summed E-state index contributed by atoms with van der Waals surface area (Å²) in [5.74, 6) is 1.23. The maximum Gasteiger partial charge on any atom is 0.223 e. The average Bonchev–Trinajstić information content (AvgIpc) is 3.44. The molecular weight excluding hydrogens is 455 g/mol. The van der Waals surface area contributed by atoms with Crippen LogP contribution in [0.5, 0.6) is 0 Å². The zero-order chi connectivity index (χ0) is 18.9. The van der Waals surface area contributed by atoms with Gasteiger partial charge in [0.15, 0.2) is 5.96 Å². The monoisotopic (exact) mass is 492 g/mol. The van der Waals surface area contributed by atoms with Crippen molar-refractivity contribution in [3.8, 4) is 0 Å². The van der Waals surface area contributed by atoms with Crippen molar-refractivity contribution >= 4 is 35.8 Å². The third-order valence-electron chi connectivity index (χ3n) is 7.12. The summed E-state index contributed by atoms with van der Waals surface area (Å²) >= 11 is 0. The van der Waals surface area contributed by atoms with Crippen molar-refractivity contribution in [3.63, 3.8) is 0 Å². The molecule has 1 amide bonds. The lowest BCUT2D eigenvalue weighted by Crippen LogP contribution is -2.69. The van der Waals surface area contributed by atoms with Gasteiger partial charge in [0.1, 0.15) is 0 Å². The standard InChI is InChI=1S/C20H36N4O2.HI/c1-19(2)16(12-20(19,3)26-5)24-18(21-4)23-15-8-6-7-13(11-15)17(25)22-14-9-10-14;/h13-16H,6-12H2,1-5H3,(H,22,25)(H2,21,23,24);1H. The van der Waals surface area contributed by atoms with Gasteiger partial charge in [0, 0.05) is 43.6 Å². The Morgan fingerprint density at radius 2 is 1.74 bits per heavy atom. The Bertz CT molecular complexity index is 564. The van der Waals surface area contributed by atoms with E-state index in [4.69, 9.17) is 4.74 Å². The second-order valence-corrected chi connectivity index (χ2v) is 9.12. The molecule has 3 saturated carbocycles. The predicted molar refractivity (Wildman–Crippen MR) is 120 cm³/mol. The largest absolute Gasteiger partial charge is 0.378 e. The molecule has 0 radical (unpaired) electrons. The number of carbonyl (C=O) groups excluding carboxylic acids is 1. The number of rotatable bonds is 5. The summed E-state index contributed by atoms with van der Waals surface area (Å²) in [6, 6.07) is 1.08. The average molecular weight is 492 g/mol. The Morgan fingerprint density at radius 3 is 2.30 bits per heavy atom. The van der Waals surface area contributed by atoms with Gasteiger partial charge < -0.3 is 20.7 Å². The van der Waals surface area contributed by atoms with Crippen LogP contribution in [0.2, 0.25) is 0 Å². The zero-order valence-corrected chi connectivity index (χ0v) is 19.8. The number of hydrogen-bond acceptors (Lipinski definition) is 3. The molecule has 0 aromatic carbocycles. The number of ether oxygens (including phenoxy) is 1. The molecule has 3 N–H and O–H groups in total. The van der Waals surface area contributed by atoms with E-state index in [2.05, 4.69) is 41.7 Å². The summed E-state index contributed by atoms with van der Waals surface area (Å²) in [4.78, 5) is 16.8. The van der Waals surface area contributed by atoms with Crippen molar-refractivity contribution in [2.75, 3.05) is 14.2 Å². The zero-order valence-electron chi connectivity index (χ0n) is 17.4. The number of carbonyl (C=O) groups is 1. The van der Waals surface area contributed by atoms with Gasteiger partial charge >= 0.3 is 0 Å². The molecule has 0 bridgehead atoms. The molecule has 0 aliphatic heterocycles. The Balaban J connectivity index is 0.00000261. The van der Waals surface area contributed by atoms with E-state index in [1.165, 1.54) is 0 Å². The molecule has 0 heterocycles. The van der Waals surface area contributed by atoms with Gasteiger partial charge in [0.2, 0.25) is 5.91 Å². The van der Waals surface area contributed by atoms with Crippen molar-refractivity contribution < 1.29 is 9.53 Å². The summed E-state index contributed by atoms with van der Waals surface area (Å²) < 4.78 is 5.72. The van der Waals surface area contributed by atoms with E-state index in [1.807, 2.05) is 7.05 Å². The van der Waals surface area contributed by atoms with Crippen molar-refractivity contribution in [2.45, 2.75) is 89.4 Å². The summed E-state index contributed by atoms with van der Waals surface area (Å²) in [6.07, 6.45) is 7.34. The van der Waals surface area contributed by atoms with Crippen LogP contribution in [0.15, 0.2) is 4.99 Å². The van der Waals surface area contributed by atoms with Crippen molar-refractivity contribution in [1.82, 2.24) is 16.0 Å². The van der Waals surface area contributed by atoms with Gasteiger partial charge in [-0.2, -0.15) is 0 Å². The van der Waals surface area contributed by atoms with Crippen molar-refractivity contribution in [2.24, 2.45) is 16.3 Å². The predicted octanol–water partition coefficient (Wildman–Crippen LogP) is 2.81. The minimum Gasteiger partial charge on any atom is -0.378 e. The maximum absolute atomic E-state index is 12.4. The minimum absolute atomic E-state index is 0. The molecule has 3 fully saturated rings. The second kappa shape index (κ2) is 8.84. The maximum atomic E-state index is 12.4. The second-order valence-electron chi connectivity index (χ2n) is 9.12. The number of methoxy groups -OCH3 is 1. The highest BCUT2D eigenvalue weighted by Gasteiger charge is 2.58. The molecule has 4 atom stereocenters. The Morgan fingerprint density at radius 1 is 1.04 bits per heavy atom. The SMILES string of the molecule is CN=C(NC1CCCC(C(=O)NC2CC2)C1)NC1CC(C)(OC)C1(C)C.I. The molecule has 0 aromatic heterocycles. The van der Waals surface area contributed by atoms with E-state index < -0.39 is 0 Å². The van der Waals surface area contributed by atoms with E-state index in [-0.39, 0.29) is 46.8 Å². The van der Waals surface area contributed by atoms with Crippen LogP contribution >= 0.6 is 24.0 Å². The molecule has 156 valence electrons. The van der Waals surface area contributed by atoms with Crippen LogP contribution in [-0.2, 0) is 9.53 Å². The first-order valence-electron chi connectivity index (χ1n) is 10.1. The quantitative estimate of drug-likeness (QED) is 0.314. The van der Waals surface area contributed by atoms with E-state index in [1.54, 1.807) is 7.11 Å². The fourth-order valence-electron chi connectivity index (χ4n) is 4.36. The summed E-state index contributed by atoms with van der Waals surface area (Å²) in [5.41, 5.74) is -0.0566. The summed E-state index contributed by atoms with van der Waals surface area (Å²) in [7, 11) is 3.61. The van der Waals surface area contributed by atoms with Crippen LogP contribution in [0.25, 0.3) is 0 Å². The number of halogens is 1. The lowest BCUT2D eigenvalue weighted by molar-refractivity contribution is -0.176. The van der Waals surface area contributed by atoms with Gasteiger partial charge in [-0.05, 0) is 45.4 Å². The number of nitrogens with one attached hydrogen (secondary N) is 3. The fraction of sp³-hybridized carbons (Fsp3) is 0.900. The van der Waals surface area contributed by atoms with Gasteiger partial charge in [0.25, 0.3) is 0 Å². The van der Waals surface area contributed by atoms with E-state index >= 15 is 0 Å². The van der Waals surface area contributed by atoms with Gasteiger partial charge in [-0.1, -0.05) is 20.3 Å². The van der Waals surface area contributed by atoms with Crippen LogP contribution in [0, 0.1) is 11.3 Å². The highest BCUT2D eigenvalue weighted by Crippen LogP contribution is 2.51. The molecule has 3 aliphatic rings. The molecule has 6 nitrogen and oxygen atoms in total. The van der Waals surface area contributed by atoms with Gasteiger partial charge in [-0.25, -0.2) is 0 Å². The number of guanidine groups is 1. The summed E-state index contributed by atoms with van der Waals surface area (Å²) in [6.45, 7) is 6.65. The van der Waals surface area contributed by atoms with Crippen LogP contribution in [0.1, 0.15) is 65.7 Å². The smallest absolute Gasteiger partial charge is 0.223 e. The lowest BCUT2D eigenvalue weighted by Gasteiger charge is -2.59. The molecule has 4 unspecified atom stereocenters. The highest BCUT2D eigenvalue weighted by atomic mass is 127. The molecule has 0 spiro atoms. The van der Waals surface area contributed by atoms with Gasteiger partial charge in [-0.3, -0.25) is 9.79 Å². The normalized spacial score (nSPS) is 35.4. The fourth-order valence-corrected chi connectivity index (χ4v) is 4.36. The van der Waals surface area contributed by atoms with Crippen LogP contribution < -0.4 is 16.0 Å². The molecule has 7 heteroatoms. The third kappa shape index (κ3) is 4.89. The Labute approximate surface area is 181 Å². The third-order valence-corrected chi connectivity index (χ3v) is 7.12. The van der Waals surface area contributed by atoms with E-state index in [9.17, 15) is 4.79 Å². The Hall–Kier alpha value is -0.570. The number of amides is 1. The minimum atomic E-state index is -0.0969. The highest BCUT2D eigenvalue weighted by molar-refractivity contribution is 14.0. The lowest BCUT2D eigenvalue weighted by atomic mass is 9.56. The van der Waals surface area contributed by atoms with Crippen LogP contribution in [0.4, 0.5) is 0 Å². The molecular formula is C20H37IN4O2. The van der Waals surface area contributed by atoms with Crippen LogP contribution in [-0.4, -0.2) is 49.8 Å².